The number of methoxy groups -OCH3 is 1. The van der Waals surface area contributed by atoms with E-state index in [0.29, 0.717) is 29.4 Å². The number of nitro groups is 1. The number of aromatic nitrogens is 1. The fourth-order valence-corrected chi connectivity index (χ4v) is 5.05. The maximum Gasteiger partial charge on any atom is 0.272 e. The molecule has 0 saturated carbocycles. The van der Waals surface area contributed by atoms with Crippen molar-refractivity contribution >= 4 is 27.2 Å². The first kappa shape index (κ1) is 24.9. The molecule has 5 rings (SSSR count). The molecule has 9 nitrogen and oxygen atoms in total. The van der Waals surface area contributed by atoms with Crippen LogP contribution in [0.25, 0.3) is 20.7 Å². The number of hydrogen-bond donors (Lipinski definition) is 0. The molecule has 2 aromatic carbocycles. The minimum absolute atomic E-state index is 0.103. The van der Waals surface area contributed by atoms with E-state index in [1.807, 2.05) is 24.3 Å². The third kappa shape index (κ3) is 5.63. The van der Waals surface area contributed by atoms with E-state index in [1.165, 1.54) is 23.5 Å². The number of hydrogen-bond acceptors (Lipinski definition) is 9. The quantitative estimate of drug-likeness (QED) is 0.208. The van der Waals surface area contributed by atoms with Gasteiger partial charge in [-0.3, -0.25) is 20.0 Å². The predicted molar refractivity (Wildman–Crippen MR) is 137 cm³/mol. The van der Waals surface area contributed by atoms with Crippen molar-refractivity contribution in [1.29, 1.82) is 0 Å². The van der Waals surface area contributed by atoms with Gasteiger partial charge >= 0.3 is 0 Å². The number of halogens is 1. The molecule has 1 aliphatic rings. The van der Waals surface area contributed by atoms with Crippen LogP contribution in [0.2, 0.25) is 0 Å². The fourth-order valence-electron chi connectivity index (χ4n) is 3.99. The smallest absolute Gasteiger partial charge is 0.272 e. The minimum atomic E-state index is -0.815. The third-order valence-electron chi connectivity index (χ3n) is 5.94. The molecular weight excluding hydrogens is 501 g/mol. The van der Waals surface area contributed by atoms with Crippen LogP contribution in [0.1, 0.15) is 0 Å². The van der Waals surface area contributed by atoms with Crippen LogP contribution in [0, 0.1) is 15.9 Å². The molecular formula is C26H24FN3O6S. The Morgan fingerprint density at radius 2 is 1.89 bits per heavy atom. The van der Waals surface area contributed by atoms with E-state index >= 15 is 0 Å². The van der Waals surface area contributed by atoms with Gasteiger partial charge in [0.15, 0.2) is 23.1 Å². The standard InChI is InChI=1S/C26H24FN3O6S/c1-33-24-14-17(2-4-22(24)35-13-10-29-8-11-34-12-9-29)25-16-20-26(37-25)23(6-7-28-20)36-21-5-3-18(30(31)32)15-19(21)27/h2-7,14-16H,8-13H2,1H3. The number of rotatable bonds is 9. The average Bonchev–Trinajstić information content (AvgIpc) is 3.36. The second kappa shape index (κ2) is 11.1. The zero-order valence-electron chi connectivity index (χ0n) is 20.0. The molecule has 0 radical (unpaired) electrons. The molecule has 1 fully saturated rings. The normalized spacial score (nSPS) is 14.0. The van der Waals surface area contributed by atoms with E-state index in [4.69, 9.17) is 18.9 Å². The number of ether oxygens (including phenoxy) is 4. The molecule has 0 aliphatic carbocycles. The van der Waals surface area contributed by atoms with Crippen LogP contribution in [-0.4, -0.2) is 61.4 Å². The third-order valence-corrected chi connectivity index (χ3v) is 7.13. The molecule has 1 aliphatic heterocycles. The Balaban J connectivity index is 1.35. The van der Waals surface area contributed by atoms with Crippen LogP contribution >= 0.6 is 11.3 Å². The molecule has 2 aromatic heterocycles. The van der Waals surface area contributed by atoms with Crippen LogP contribution in [0.4, 0.5) is 10.1 Å². The van der Waals surface area contributed by atoms with Gasteiger partial charge in [-0.05, 0) is 35.9 Å². The lowest BCUT2D eigenvalue weighted by Gasteiger charge is -2.26. The van der Waals surface area contributed by atoms with Gasteiger partial charge in [0.1, 0.15) is 12.4 Å². The Labute approximate surface area is 216 Å². The molecule has 0 N–H and O–H groups in total. The van der Waals surface area contributed by atoms with Gasteiger partial charge in [0.05, 0.1) is 41.5 Å². The molecule has 1 saturated heterocycles. The highest BCUT2D eigenvalue weighted by Crippen LogP contribution is 2.41. The van der Waals surface area contributed by atoms with Crippen LogP contribution in [0.3, 0.4) is 0 Å². The summed E-state index contributed by atoms with van der Waals surface area (Å²) in [5.74, 6) is 0.771. The second-order valence-electron chi connectivity index (χ2n) is 8.28. The van der Waals surface area contributed by atoms with Gasteiger partial charge in [0.25, 0.3) is 5.69 Å². The van der Waals surface area contributed by atoms with E-state index in [9.17, 15) is 14.5 Å². The van der Waals surface area contributed by atoms with Crippen LogP contribution in [0.5, 0.6) is 23.0 Å². The molecule has 3 heterocycles. The maximum atomic E-state index is 14.4. The van der Waals surface area contributed by atoms with E-state index in [0.717, 1.165) is 54.1 Å². The highest BCUT2D eigenvalue weighted by atomic mass is 32.1. The molecule has 11 heteroatoms. The molecule has 37 heavy (non-hydrogen) atoms. The van der Waals surface area contributed by atoms with Crippen molar-refractivity contribution in [3.63, 3.8) is 0 Å². The largest absolute Gasteiger partial charge is 0.493 e. The first-order valence-electron chi connectivity index (χ1n) is 11.6. The molecule has 0 unspecified atom stereocenters. The number of pyridine rings is 1. The van der Waals surface area contributed by atoms with E-state index in [1.54, 1.807) is 19.4 Å². The van der Waals surface area contributed by atoms with Crippen molar-refractivity contribution in [3.8, 4) is 33.4 Å². The fraction of sp³-hybridized carbons (Fsp3) is 0.269. The van der Waals surface area contributed by atoms with Crippen LogP contribution < -0.4 is 14.2 Å². The summed E-state index contributed by atoms with van der Waals surface area (Å²) in [4.78, 5) is 17.9. The Morgan fingerprint density at radius 1 is 1.08 bits per heavy atom. The summed E-state index contributed by atoms with van der Waals surface area (Å²) >= 11 is 1.44. The highest BCUT2D eigenvalue weighted by Gasteiger charge is 2.17. The summed E-state index contributed by atoms with van der Waals surface area (Å²) in [6.07, 6.45) is 1.57. The molecule has 0 bridgehead atoms. The van der Waals surface area contributed by atoms with Gasteiger partial charge in [-0.25, -0.2) is 4.39 Å². The lowest BCUT2D eigenvalue weighted by Crippen LogP contribution is -2.38. The number of morpholine rings is 1. The monoisotopic (exact) mass is 525 g/mol. The summed E-state index contributed by atoms with van der Waals surface area (Å²) in [7, 11) is 1.60. The van der Waals surface area contributed by atoms with Gasteiger partial charge in [-0.2, -0.15) is 0 Å². The number of nitrogens with zero attached hydrogens (tertiary/aromatic N) is 3. The average molecular weight is 526 g/mol. The highest BCUT2D eigenvalue weighted by molar-refractivity contribution is 7.22. The summed E-state index contributed by atoms with van der Waals surface area (Å²) in [6.45, 7) is 4.66. The summed E-state index contributed by atoms with van der Waals surface area (Å²) in [5.41, 5.74) is 1.25. The molecule has 0 atom stereocenters. The maximum absolute atomic E-state index is 14.4. The van der Waals surface area contributed by atoms with Crippen molar-refractivity contribution in [3.05, 3.63) is 70.7 Å². The van der Waals surface area contributed by atoms with Crippen molar-refractivity contribution < 1.29 is 28.3 Å². The van der Waals surface area contributed by atoms with Crippen molar-refractivity contribution in [2.24, 2.45) is 0 Å². The SMILES string of the molecule is COc1cc(-c2cc3nccc(Oc4ccc([N+](=O)[O-])cc4F)c3s2)ccc1OCCN1CCOCC1. The van der Waals surface area contributed by atoms with E-state index in [-0.39, 0.29) is 11.4 Å². The topological polar surface area (TPSA) is 96.2 Å². The minimum Gasteiger partial charge on any atom is -0.493 e. The Morgan fingerprint density at radius 3 is 2.65 bits per heavy atom. The summed E-state index contributed by atoms with van der Waals surface area (Å²) < 4.78 is 37.9. The molecule has 0 spiro atoms. The Kier molecular flexibility index (Phi) is 7.45. The first-order chi connectivity index (χ1) is 18.0. The first-order valence-corrected chi connectivity index (χ1v) is 12.4. The van der Waals surface area contributed by atoms with Gasteiger partial charge in [-0.15, -0.1) is 11.3 Å². The van der Waals surface area contributed by atoms with Crippen molar-refractivity contribution in [2.75, 3.05) is 46.6 Å². The van der Waals surface area contributed by atoms with E-state index < -0.39 is 10.7 Å². The van der Waals surface area contributed by atoms with Crippen molar-refractivity contribution in [2.45, 2.75) is 0 Å². The van der Waals surface area contributed by atoms with Gasteiger partial charge in [0, 0.05) is 42.8 Å². The van der Waals surface area contributed by atoms with E-state index in [2.05, 4.69) is 9.88 Å². The second-order valence-corrected chi connectivity index (χ2v) is 9.33. The number of non-ortho nitro benzene ring substituents is 1. The van der Waals surface area contributed by atoms with Crippen molar-refractivity contribution in [1.82, 2.24) is 9.88 Å². The number of benzene rings is 2. The zero-order chi connectivity index (χ0) is 25.8. The Hall–Kier alpha value is -3.80. The number of thiophene rings is 1. The zero-order valence-corrected chi connectivity index (χ0v) is 20.8. The molecule has 0 amide bonds. The number of nitro benzene ring substituents is 1. The predicted octanol–water partition coefficient (Wildman–Crippen LogP) is 5.52. The molecule has 192 valence electrons. The van der Waals surface area contributed by atoms with Crippen LogP contribution in [-0.2, 0) is 4.74 Å². The summed E-state index contributed by atoms with van der Waals surface area (Å²) in [5, 5.41) is 10.9. The lowest BCUT2D eigenvalue weighted by molar-refractivity contribution is -0.385. The summed E-state index contributed by atoms with van der Waals surface area (Å²) in [6, 6.07) is 12.6. The van der Waals surface area contributed by atoms with Crippen LogP contribution in [0.15, 0.2) is 54.7 Å². The molecule has 4 aromatic rings. The number of fused-ring (bicyclic) bond motifs is 1. The Bertz CT molecular complexity index is 1420. The van der Waals surface area contributed by atoms with Gasteiger partial charge in [-0.1, -0.05) is 0 Å². The van der Waals surface area contributed by atoms with Gasteiger partial charge < -0.3 is 18.9 Å². The lowest BCUT2D eigenvalue weighted by atomic mass is 10.1. The van der Waals surface area contributed by atoms with Gasteiger partial charge in [0.2, 0.25) is 0 Å².